The van der Waals surface area contributed by atoms with Crippen LogP contribution in [0.5, 0.6) is 0 Å². The van der Waals surface area contributed by atoms with E-state index in [1.807, 2.05) is 0 Å². The first-order valence-electron chi connectivity index (χ1n) is 4.46. The Bertz CT molecular complexity index is 523. The Morgan fingerprint density at radius 1 is 1.40 bits per heavy atom. The van der Waals surface area contributed by atoms with E-state index in [0.717, 1.165) is 0 Å². The lowest BCUT2D eigenvalue weighted by molar-refractivity contribution is 0.579. The lowest BCUT2D eigenvalue weighted by atomic mass is 10.0. The van der Waals surface area contributed by atoms with E-state index < -0.39 is 0 Å². The number of halogens is 1. The molecule has 0 spiro atoms. The molecule has 0 aliphatic rings. The van der Waals surface area contributed by atoms with Crippen LogP contribution in [0.1, 0.15) is 11.1 Å². The summed E-state index contributed by atoms with van der Waals surface area (Å²) >= 11 is 0. The van der Waals surface area contributed by atoms with Crippen molar-refractivity contribution in [1.29, 1.82) is 5.26 Å². The minimum Gasteiger partial charge on any atom is -0.464 e. The Morgan fingerprint density at radius 2 is 2.20 bits per heavy atom. The van der Waals surface area contributed by atoms with Crippen LogP contribution in [0, 0.1) is 24.1 Å². The van der Waals surface area contributed by atoms with Crippen molar-refractivity contribution in [1.82, 2.24) is 0 Å². The molecule has 1 aromatic carbocycles. The van der Waals surface area contributed by atoms with E-state index in [4.69, 9.17) is 9.68 Å². The molecule has 0 aliphatic heterocycles. The van der Waals surface area contributed by atoms with Gasteiger partial charge in [-0.15, -0.1) is 0 Å². The van der Waals surface area contributed by atoms with E-state index in [2.05, 4.69) is 6.07 Å². The number of nitriles is 1. The van der Waals surface area contributed by atoms with Crippen LogP contribution >= 0.6 is 0 Å². The van der Waals surface area contributed by atoms with Gasteiger partial charge in [-0.3, -0.25) is 0 Å². The molecule has 0 saturated heterocycles. The SMILES string of the molecule is Cc1cc(F)cc(-c2ccco2)c1C#N. The highest BCUT2D eigenvalue weighted by molar-refractivity contribution is 5.68. The van der Waals surface area contributed by atoms with Gasteiger partial charge in [0.15, 0.2) is 0 Å². The van der Waals surface area contributed by atoms with Gasteiger partial charge < -0.3 is 4.42 Å². The molecule has 2 aromatic rings. The zero-order valence-electron chi connectivity index (χ0n) is 8.12. The van der Waals surface area contributed by atoms with Gasteiger partial charge in [0.1, 0.15) is 17.6 Å². The molecule has 0 fully saturated rings. The van der Waals surface area contributed by atoms with Gasteiger partial charge in [0, 0.05) is 5.56 Å². The van der Waals surface area contributed by atoms with Crippen molar-refractivity contribution in [2.75, 3.05) is 0 Å². The van der Waals surface area contributed by atoms with Crippen molar-refractivity contribution in [3.8, 4) is 17.4 Å². The molecule has 15 heavy (non-hydrogen) atoms. The molecule has 0 unspecified atom stereocenters. The van der Waals surface area contributed by atoms with Crippen LogP contribution in [-0.2, 0) is 0 Å². The van der Waals surface area contributed by atoms with Crippen LogP contribution < -0.4 is 0 Å². The highest BCUT2D eigenvalue weighted by Gasteiger charge is 2.11. The lowest BCUT2D eigenvalue weighted by Crippen LogP contribution is -1.90. The maximum Gasteiger partial charge on any atom is 0.135 e. The van der Waals surface area contributed by atoms with E-state index in [1.54, 1.807) is 19.1 Å². The molecule has 3 heteroatoms. The van der Waals surface area contributed by atoms with Gasteiger partial charge in [-0.05, 0) is 36.8 Å². The monoisotopic (exact) mass is 201 g/mol. The fourth-order valence-corrected chi connectivity index (χ4v) is 1.52. The number of aryl methyl sites for hydroxylation is 1. The van der Waals surface area contributed by atoms with Crippen LogP contribution in [0.4, 0.5) is 4.39 Å². The molecule has 0 aliphatic carbocycles. The van der Waals surface area contributed by atoms with Crippen molar-refractivity contribution in [3.05, 3.63) is 47.5 Å². The second-order valence-corrected chi connectivity index (χ2v) is 3.23. The minimum absolute atomic E-state index is 0.363. The quantitative estimate of drug-likeness (QED) is 0.710. The number of benzene rings is 1. The standard InChI is InChI=1S/C12H8FNO/c1-8-5-9(13)6-10(11(8)7-14)12-3-2-4-15-12/h2-6H,1H3. The molecule has 1 aromatic heterocycles. The van der Waals surface area contributed by atoms with Gasteiger partial charge in [-0.2, -0.15) is 5.26 Å². The summed E-state index contributed by atoms with van der Waals surface area (Å²) in [6, 6.07) is 8.11. The Morgan fingerprint density at radius 3 is 2.80 bits per heavy atom. The number of nitrogens with zero attached hydrogens (tertiary/aromatic N) is 1. The van der Waals surface area contributed by atoms with Gasteiger partial charge in [0.05, 0.1) is 11.8 Å². The fourth-order valence-electron chi connectivity index (χ4n) is 1.52. The largest absolute Gasteiger partial charge is 0.464 e. The number of hydrogen-bond donors (Lipinski definition) is 0. The van der Waals surface area contributed by atoms with Crippen molar-refractivity contribution < 1.29 is 8.81 Å². The van der Waals surface area contributed by atoms with Crippen LogP contribution in [0.25, 0.3) is 11.3 Å². The molecule has 2 rings (SSSR count). The van der Waals surface area contributed by atoms with Gasteiger partial charge in [0.25, 0.3) is 0 Å². The zero-order chi connectivity index (χ0) is 10.8. The Hall–Kier alpha value is -2.08. The third-order valence-corrected chi connectivity index (χ3v) is 2.20. The number of hydrogen-bond acceptors (Lipinski definition) is 2. The molecular weight excluding hydrogens is 193 g/mol. The summed E-state index contributed by atoms with van der Waals surface area (Å²) in [6.45, 7) is 1.70. The summed E-state index contributed by atoms with van der Waals surface area (Å²) in [4.78, 5) is 0. The van der Waals surface area contributed by atoms with Crippen molar-refractivity contribution in [3.63, 3.8) is 0 Å². The van der Waals surface area contributed by atoms with E-state index in [1.165, 1.54) is 18.4 Å². The molecule has 2 nitrogen and oxygen atoms in total. The van der Waals surface area contributed by atoms with Crippen LogP contribution in [0.3, 0.4) is 0 Å². The van der Waals surface area contributed by atoms with Crippen LogP contribution in [0.15, 0.2) is 34.9 Å². The third kappa shape index (κ3) is 1.62. The third-order valence-electron chi connectivity index (χ3n) is 2.20. The molecule has 0 bridgehead atoms. The number of rotatable bonds is 1. The molecule has 1 heterocycles. The predicted octanol–water partition coefficient (Wildman–Crippen LogP) is 3.27. The normalized spacial score (nSPS) is 9.93. The first-order chi connectivity index (χ1) is 7.22. The second kappa shape index (κ2) is 3.58. The first-order valence-corrected chi connectivity index (χ1v) is 4.46. The zero-order valence-corrected chi connectivity index (χ0v) is 8.12. The van der Waals surface area contributed by atoms with Crippen LogP contribution in [0.2, 0.25) is 0 Å². The molecule has 0 amide bonds. The van der Waals surface area contributed by atoms with E-state index in [9.17, 15) is 4.39 Å². The predicted molar refractivity (Wildman–Crippen MR) is 53.6 cm³/mol. The molecule has 0 saturated carbocycles. The van der Waals surface area contributed by atoms with E-state index in [0.29, 0.717) is 22.5 Å². The second-order valence-electron chi connectivity index (χ2n) is 3.23. The summed E-state index contributed by atoms with van der Waals surface area (Å²) in [5.74, 6) is 0.145. The highest BCUT2D eigenvalue weighted by atomic mass is 19.1. The smallest absolute Gasteiger partial charge is 0.135 e. The van der Waals surface area contributed by atoms with E-state index >= 15 is 0 Å². The van der Waals surface area contributed by atoms with Gasteiger partial charge in [-0.1, -0.05) is 0 Å². The first kappa shape index (κ1) is 9.47. The van der Waals surface area contributed by atoms with Gasteiger partial charge in [0.2, 0.25) is 0 Å². The average Bonchev–Trinajstić information content (AvgIpc) is 2.69. The molecule has 74 valence electrons. The Kier molecular flexibility index (Phi) is 2.26. The molecule has 0 radical (unpaired) electrons. The fraction of sp³-hybridized carbons (Fsp3) is 0.0833. The Labute approximate surface area is 86.6 Å². The Balaban J connectivity index is 2.71. The van der Waals surface area contributed by atoms with Crippen molar-refractivity contribution in [2.45, 2.75) is 6.92 Å². The maximum absolute atomic E-state index is 13.2. The number of furan rings is 1. The summed E-state index contributed by atoms with van der Waals surface area (Å²) < 4.78 is 18.3. The summed E-state index contributed by atoms with van der Waals surface area (Å²) in [5, 5.41) is 8.97. The summed E-state index contributed by atoms with van der Waals surface area (Å²) in [6.07, 6.45) is 1.50. The lowest BCUT2D eigenvalue weighted by Gasteiger charge is -2.04. The highest BCUT2D eigenvalue weighted by Crippen LogP contribution is 2.27. The van der Waals surface area contributed by atoms with E-state index in [-0.39, 0.29) is 5.82 Å². The van der Waals surface area contributed by atoms with Crippen LogP contribution in [-0.4, -0.2) is 0 Å². The van der Waals surface area contributed by atoms with Crippen molar-refractivity contribution >= 4 is 0 Å². The van der Waals surface area contributed by atoms with Crippen molar-refractivity contribution in [2.24, 2.45) is 0 Å². The minimum atomic E-state index is -0.363. The summed E-state index contributed by atoms with van der Waals surface area (Å²) in [7, 11) is 0. The topological polar surface area (TPSA) is 36.9 Å². The maximum atomic E-state index is 13.2. The molecule has 0 N–H and O–H groups in total. The van der Waals surface area contributed by atoms with Gasteiger partial charge in [-0.25, -0.2) is 4.39 Å². The average molecular weight is 201 g/mol. The summed E-state index contributed by atoms with van der Waals surface area (Å²) in [5.41, 5.74) is 1.57. The molecular formula is C12H8FNO. The molecule has 0 atom stereocenters. The van der Waals surface area contributed by atoms with Gasteiger partial charge >= 0.3 is 0 Å².